The Morgan fingerprint density at radius 1 is 1.20 bits per heavy atom. The van der Waals surface area contributed by atoms with Gasteiger partial charge in [0.15, 0.2) is 0 Å². The second kappa shape index (κ2) is 4.00. The largest absolute Gasteiger partial charge is 0.458 e. The predicted octanol–water partition coefficient (Wildman–Crippen LogP) is 3.99. The maximum Gasteiger partial charge on any atom is 0.458 e. The number of rotatable bonds is 1. The lowest BCUT2D eigenvalue weighted by atomic mass is 10.1. The van der Waals surface area contributed by atoms with Gasteiger partial charge in [-0.2, -0.15) is 22.0 Å². The monoisotopic (exact) mass is 357 g/mol. The molecule has 0 amide bonds. The third-order valence-corrected chi connectivity index (χ3v) is 2.61. The van der Waals surface area contributed by atoms with Crippen molar-refractivity contribution in [3.8, 4) is 0 Å². The van der Waals surface area contributed by atoms with Crippen molar-refractivity contribution < 1.29 is 22.0 Å². The number of aromatic nitrogens is 1. The highest BCUT2D eigenvalue weighted by Crippen LogP contribution is 2.45. The highest BCUT2D eigenvalue weighted by atomic mass is 127. The molecular formula is C7H2ClF5IN. The number of hydrogen-bond acceptors (Lipinski definition) is 1. The van der Waals surface area contributed by atoms with E-state index < -0.39 is 17.7 Å². The van der Waals surface area contributed by atoms with Gasteiger partial charge >= 0.3 is 12.1 Å². The van der Waals surface area contributed by atoms with Crippen molar-refractivity contribution in [2.75, 3.05) is 0 Å². The molecule has 0 aliphatic heterocycles. The first-order chi connectivity index (χ1) is 6.66. The Labute approximate surface area is 99.8 Å². The van der Waals surface area contributed by atoms with E-state index in [1.54, 1.807) is 0 Å². The van der Waals surface area contributed by atoms with Crippen molar-refractivity contribution >= 4 is 34.2 Å². The minimum Gasteiger partial charge on any atom is -0.244 e. The van der Waals surface area contributed by atoms with Crippen molar-refractivity contribution in [2.45, 2.75) is 12.1 Å². The molecule has 0 radical (unpaired) electrons. The van der Waals surface area contributed by atoms with Crippen LogP contribution in [0.1, 0.15) is 5.56 Å². The van der Waals surface area contributed by atoms with E-state index in [0.717, 1.165) is 6.07 Å². The second-order valence-electron chi connectivity index (χ2n) is 2.56. The Morgan fingerprint density at radius 3 is 2.13 bits per heavy atom. The van der Waals surface area contributed by atoms with Crippen LogP contribution < -0.4 is 0 Å². The summed E-state index contributed by atoms with van der Waals surface area (Å²) in [4.78, 5) is 3.20. The summed E-state index contributed by atoms with van der Waals surface area (Å²) < 4.78 is 61.4. The summed E-state index contributed by atoms with van der Waals surface area (Å²) in [5.74, 6) is -4.92. The third-order valence-electron chi connectivity index (χ3n) is 1.51. The molecule has 1 heterocycles. The van der Waals surface area contributed by atoms with Gasteiger partial charge in [0.2, 0.25) is 0 Å². The van der Waals surface area contributed by atoms with Crippen LogP contribution in [0.25, 0.3) is 0 Å². The van der Waals surface area contributed by atoms with E-state index in [2.05, 4.69) is 4.98 Å². The molecule has 1 nitrogen and oxygen atoms in total. The molecular weight excluding hydrogens is 355 g/mol. The van der Waals surface area contributed by atoms with Gasteiger partial charge in [-0.3, -0.25) is 0 Å². The molecule has 0 unspecified atom stereocenters. The number of pyridine rings is 1. The standard InChI is InChI=1S/C7H2ClF5IN/c8-5-1-4(14)3(2-15-5)6(9,10)7(11,12)13/h1-2H. The number of alkyl halides is 5. The molecule has 0 fully saturated rings. The van der Waals surface area contributed by atoms with E-state index in [9.17, 15) is 22.0 Å². The Kier molecular flexibility index (Phi) is 3.44. The maximum absolute atomic E-state index is 12.8. The van der Waals surface area contributed by atoms with Crippen LogP contribution in [0.5, 0.6) is 0 Å². The molecule has 15 heavy (non-hydrogen) atoms. The van der Waals surface area contributed by atoms with Gasteiger partial charge in [0, 0.05) is 9.77 Å². The highest BCUT2D eigenvalue weighted by Gasteiger charge is 2.59. The van der Waals surface area contributed by atoms with Crippen LogP contribution in [0.4, 0.5) is 22.0 Å². The molecule has 8 heteroatoms. The Hall–Kier alpha value is -0.180. The van der Waals surface area contributed by atoms with Crippen molar-refractivity contribution in [1.82, 2.24) is 4.98 Å². The van der Waals surface area contributed by atoms with Gasteiger partial charge in [-0.15, -0.1) is 0 Å². The first-order valence-electron chi connectivity index (χ1n) is 3.42. The molecule has 1 rings (SSSR count). The molecule has 0 atom stereocenters. The van der Waals surface area contributed by atoms with Gasteiger partial charge in [0.05, 0.1) is 5.56 Å². The average Bonchev–Trinajstić information content (AvgIpc) is 2.00. The van der Waals surface area contributed by atoms with Gasteiger partial charge in [-0.25, -0.2) is 4.98 Å². The summed E-state index contributed by atoms with van der Waals surface area (Å²) in [6, 6.07) is 0.942. The van der Waals surface area contributed by atoms with Crippen LogP contribution in [0.2, 0.25) is 5.15 Å². The summed E-state index contributed by atoms with van der Waals surface area (Å²) in [5, 5.41) is -0.138. The molecule has 84 valence electrons. The lowest BCUT2D eigenvalue weighted by Crippen LogP contribution is -2.34. The SMILES string of the molecule is FC(F)(F)C(F)(F)c1cnc(Cl)cc1I. The van der Waals surface area contributed by atoms with E-state index in [1.165, 1.54) is 22.6 Å². The zero-order valence-electron chi connectivity index (χ0n) is 6.75. The number of nitrogens with zero attached hydrogens (tertiary/aromatic N) is 1. The fourth-order valence-corrected chi connectivity index (χ4v) is 1.91. The van der Waals surface area contributed by atoms with Crippen LogP contribution in [0.3, 0.4) is 0 Å². The van der Waals surface area contributed by atoms with Gasteiger partial charge in [-0.05, 0) is 28.7 Å². The molecule has 0 aliphatic carbocycles. The molecule has 0 aliphatic rings. The number of halogens is 7. The summed E-state index contributed by atoms with van der Waals surface area (Å²) in [5.41, 5.74) is -1.19. The van der Waals surface area contributed by atoms with Crippen LogP contribution in [-0.2, 0) is 5.92 Å². The second-order valence-corrected chi connectivity index (χ2v) is 4.11. The molecule has 0 aromatic carbocycles. The van der Waals surface area contributed by atoms with Gasteiger partial charge in [0.25, 0.3) is 0 Å². The first kappa shape index (κ1) is 12.9. The normalized spacial score (nSPS) is 13.0. The molecule has 0 saturated heterocycles. The van der Waals surface area contributed by atoms with Gasteiger partial charge < -0.3 is 0 Å². The minimum atomic E-state index is -5.64. The number of hydrogen-bond donors (Lipinski definition) is 0. The zero-order valence-corrected chi connectivity index (χ0v) is 9.66. The Morgan fingerprint density at radius 2 is 1.73 bits per heavy atom. The summed E-state index contributed by atoms with van der Waals surface area (Å²) in [6.45, 7) is 0. The van der Waals surface area contributed by atoms with E-state index in [4.69, 9.17) is 11.6 Å². The van der Waals surface area contributed by atoms with Crippen molar-refractivity contribution in [2.24, 2.45) is 0 Å². The molecule has 0 spiro atoms. The minimum absolute atomic E-state index is 0.138. The first-order valence-corrected chi connectivity index (χ1v) is 4.88. The predicted molar refractivity (Wildman–Crippen MR) is 51.9 cm³/mol. The van der Waals surface area contributed by atoms with Crippen LogP contribution in [0, 0.1) is 3.57 Å². The highest BCUT2D eigenvalue weighted by molar-refractivity contribution is 14.1. The van der Waals surface area contributed by atoms with Crippen LogP contribution in [0.15, 0.2) is 12.3 Å². The lowest BCUT2D eigenvalue weighted by Gasteiger charge is -2.20. The average molecular weight is 357 g/mol. The van der Waals surface area contributed by atoms with E-state index in [1.807, 2.05) is 0 Å². The Balaban J connectivity index is 3.28. The zero-order chi connectivity index (χ0) is 11.9. The van der Waals surface area contributed by atoms with Gasteiger partial charge in [0.1, 0.15) is 5.15 Å². The molecule has 0 bridgehead atoms. The fourth-order valence-electron chi connectivity index (χ4n) is 0.791. The van der Waals surface area contributed by atoms with Crippen LogP contribution in [-0.4, -0.2) is 11.2 Å². The van der Waals surface area contributed by atoms with Gasteiger partial charge in [-0.1, -0.05) is 11.6 Å². The fraction of sp³-hybridized carbons (Fsp3) is 0.286. The van der Waals surface area contributed by atoms with E-state index in [-0.39, 0.29) is 8.72 Å². The summed E-state index contributed by atoms with van der Waals surface area (Å²) in [6.07, 6.45) is -5.21. The topological polar surface area (TPSA) is 12.9 Å². The van der Waals surface area contributed by atoms with Crippen molar-refractivity contribution in [1.29, 1.82) is 0 Å². The maximum atomic E-state index is 12.8. The third kappa shape index (κ3) is 2.49. The van der Waals surface area contributed by atoms with Crippen LogP contribution >= 0.6 is 34.2 Å². The lowest BCUT2D eigenvalue weighted by molar-refractivity contribution is -0.289. The van der Waals surface area contributed by atoms with E-state index in [0.29, 0.717) is 6.20 Å². The molecule has 1 aromatic rings. The molecule has 1 aromatic heterocycles. The molecule has 0 saturated carbocycles. The molecule has 0 N–H and O–H groups in total. The van der Waals surface area contributed by atoms with Crippen molar-refractivity contribution in [3.63, 3.8) is 0 Å². The van der Waals surface area contributed by atoms with Crippen molar-refractivity contribution in [3.05, 3.63) is 26.5 Å². The smallest absolute Gasteiger partial charge is 0.244 e. The summed E-state index contributed by atoms with van der Waals surface area (Å²) in [7, 11) is 0. The van der Waals surface area contributed by atoms with E-state index >= 15 is 0 Å². The summed E-state index contributed by atoms with van der Waals surface area (Å²) >= 11 is 6.69. The Bertz CT molecular complexity index is 378. The quantitative estimate of drug-likeness (QED) is 0.421.